The molecule has 1 aromatic carbocycles. The van der Waals surface area contributed by atoms with E-state index < -0.39 is 27.9 Å². The summed E-state index contributed by atoms with van der Waals surface area (Å²) < 4.78 is 34.0. The normalized spacial score (nSPS) is 17.0. The van der Waals surface area contributed by atoms with E-state index in [1.807, 2.05) is 24.5 Å². The Bertz CT molecular complexity index is 1160. The quantitative estimate of drug-likeness (QED) is 0.502. The van der Waals surface area contributed by atoms with Crippen LogP contribution in [0.4, 0.5) is 14.6 Å². The van der Waals surface area contributed by atoms with Crippen LogP contribution in [0.2, 0.25) is 0 Å². The molecule has 0 spiro atoms. The smallest absolute Gasteiger partial charge is 0.198 e. The minimum absolute atomic E-state index is 0.238. The number of hydrogen-bond donors (Lipinski definition) is 1. The van der Waals surface area contributed by atoms with Crippen molar-refractivity contribution in [3.63, 3.8) is 0 Å². The number of para-hydroxylation sites is 1. The fraction of sp³-hybridized carbons (Fsp3) is 0.0476. The third-order valence-corrected chi connectivity index (χ3v) is 6.28. The van der Waals surface area contributed by atoms with Gasteiger partial charge in [-0.2, -0.15) is 0 Å². The van der Waals surface area contributed by atoms with Crippen LogP contribution in [0.3, 0.4) is 0 Å². The summed E-state index contributed by atoms with van der Waals surface area (Å²) in [5, 5.41) is 5.78. The molecule has 1 aliphatic rings. The molecule has 3 aromatic rings. The second-order valence-corrected chi connectivity index (χ2v) is 8.79. The van der Waals surface area contributed by atoms with Crippen LogP contribution in [-0.4, -0.2) is 21.0 Å². The summed E-state index contributed by atoms with van der Waals surface area (Å²) in [5.74, 6) is 2.55. The molecule has 0 amide bonds. The van der Waals surface area contributed by atoms with E-state index >= 15 is 0 Å². The SMILES string of the molecule is C=S1C=C(C)NC1=Nc1cc(Oc2c(F)cccc2F)c(Sc2ccncc2)cn1. The predicted molar refractivity (Wildman–Crippen MR) is 118 cm³/mol. The molecule has 1 atom stereocenters. The Labute approximate surface area is 178 Å². The van der Waals surface area contributed by atoms with Gasteiger partial charge in [-0.15, -0.1) is 10.5 Å². The van der Waals surface area contributed by atoms with Crippen LogP contribution in [0.1, 0.15) is 6.92 Å². The van der Waals surface area contributed by atoms with Crippen molar-refractivity contribution < 1.29 is 13.5 Å². The lowest BCUT2D eigenvalue weighted by Crippen LogP contribution is -2.12. The summed E-state index contributed by atoms with van der Waals surface area (Å²) in [6, 6.07) is 8.75. The van der Waals surface area contributed by atoms with E-state index in [-0.39, 0.29) is 5.75 Å². The maximum absolute atomic E-state index is 14.2. The number of rotatable bonds is 5. The van der Waals surface area contributed by atoms with Crippen LogP contribution >= 0.6 is 22.2 Å². The van der Waals surface area contributed by atoms with Crippen molar-refractivity contribution in [2.75, 3.05) is 0 Å². The zero-order valence-electron chi connectivity index (χ0n) is 15.8. The number of nitrogens with zero attached hydrogens (tertiary/aromatic N) is 3. The van der Waals surface area contributed by atoms with Crippen LogP contribution in [0.5, 0.6) is 11.5 Å². The number of benzene rings is 1. The Morgan fingerprint density at radius 2 is 1.90 bits per heavy atom. The van der Waals surface area contributed by atoms with Crippen LogP contribution in [0.25, 0.3) is 0 Å². The first-order valence-corrected chi connectivity index (χ1v) is 11.0. The number of pyridine rings is 2. The summed E-state index contributed by atoms with van der Waals surface area (Å²) in [5.41, 5.74) is 0.960. The van der Waals surface area contributed by atoms with Crippen molar-refractivity contribution in [3.8, 4) is 11.5 Å². The molecule has 30 heavy (non-hydrogen) atoms. The van der Waals surface area contributed by atoms with Gasteiger partial charge in [-0.25, -0.2) is 18.8 Å². The Morgan fingerprint density at radius 1 is 1.17 bits per heavy atom. The average molecular weight is 443 g/mol. The van der Waals surface area contributed by atoms with Gasteiger partial charge < -0.3 is 10.1 Å². The van der Waals surface area contributed by atoms with E-state index in [1.165, 1.54) is 17.8 Å². The van der Waals surface area contributed by atoms with E-state index in [0.717, 1.165) is 22.7 Å². The largest absolute Gasteiger partial charge is 0.450 e. The molecule has 0 bridgehead atoms. The summed E-state index contributed by atoms with van der Waals surface area (Å²) in [7, 11) is -0.416. The molecule has 0 saturated heterocycles. The van der Waals surface area contributed by atoms with Gasteiger partial charge in [0.2, 0.25) is 0 Å². The second-order valence-electron chi connectivity index (χ2n) is 6.20. The number of aromatic nitrogens is 2. The van der Waals surface area contributed by atoms with E-state index in [9.17, 15) is 8.78 Å². The lowest BCUT2D eigenvalue weighted by molar-refractivity contribution is 0.400. The maximum Gasteiger partial charge on any atom is 0.198 e. The average Bonchev–Trinajstić information content (AvgIpc) is 3.04. The van der Waals surface area contributed by atoms with Gasteiger partial charge in [-0.3, -0.25) is 4.98 Å². The molecule has 152 valence electrons. The number of halogens is 2. The van der Waals surface area contributed by atoms with Crippen molar-refractivity contribution in [1.82, 2.24) is 15.3 Å². The minimum Gasteiger partial charge on any atom is -0.450 e. The number of hydrogen-bond acceptors (Lipinski definition) is 5. The van der Waals surface area contributed by atoms with Crippen LogP contribution in [-0.2, 0) is 0 Å². The fourth-order valence-corrected chi connectivity index (χ4v) is 4.50. The molecular weight excluding hydrogens is 426 g/mol. The molecule has 0 radical (unpaired) electrons. The monoisotopic (exact) mass is 442 g/mol. The zero-order valence-corrected chi connectivity index (χ0v) is 17.4. The third-order valence-electron chi connectivity index (χ3n) is 3.91. The highest BCUT2D eigenvalue weighted by Crippen LogP contribution is 2.39. The van der Waals surface area contributed by atoms with Gasteiger partial charge in [0.05, 0.1) is 4.90 Å². The van der Waals surface area contributed by atoms with E-state index in [1.54, 1.807) is 24.7 Å². The molecule has 1 N–H and O–H groups in total. The van der Waals surface area contributed by atoms with Crippen LogP contribution < -0.4 is 10.1 Å². The molecule has 1 unspecified atom stereocenters. The number of aliphatic imine (C=N–C) groups is 1. The Kier molecular flexibility index (Phi) is 5.91. The number of nitrogens with one attached hydrogen (secondary N) is 1. The number of allylic oxidation sites excluding steroid dienone is 1. The van der Waals surface area contributed by atoms with Gasteiger partial charge in [0, 0.05) is 35.2 Å². The molecule has 0 fully saturated rings. The summed E-state index contributed by atoms with van der Waals surface area (Å²) >= 11 is 1.34. The van der Waals surface area contributed by atoms with E-state index in [2.05, 4.69) is 26.1 Å². The van der Waals surface area contributed by atoms with Crippen LogP contribution in [0.15, 0.2) is 80.9 Å². The van der Waals surface area contributed by atoms with Crippen molar-refractivity contribution >= 4 is 39.1 Å². The van der Waals surface area contributed by atoms with E-state index in [0.29, 0.717) is 15.9 Å². The highest BCUT2D eigenvalue weighted by atomic mass is 32.2. The molecule has 9 heteroatoms. The number of amidine groups is 1. The topological polar surface area (TPSA) is 59.4 Å². The van der Waals surface area contributed by atoms with Crippen molar-refractivity contribution in [2.45, 2.75) is 16.7 Å². The molecule has 0 saturated carbocycles. The molecule has 1 aliphatic heterocycles. The van der Waals surface area contributed by atoms with E-state index in [4.69, 9.17) is 4.74 Å². The Balaban J connectivity index is 1.73. The first-order valence-electron chi connectivity index (χ1n) is 8.76. The molecule has 5 nitrogen and oxygen atoms in total. The lowest BCUT2D eigenvalue weighted by Gasteiger charge is -2.12. The maximum atomic E-state index is 14.2. The van der Waals surface area contributed by atoms with Crippen LogP contribution in [0, 0.1) is 11.6 Å². The van der Waals surface area contributed by atoms with Crippen molar-refractivity contribution in [1.29, 1.82) is 0 Å². The summed E-state index contributed by atoms with van der Waals surface area (Å²) in [4.78, 5) is 14.3. The Morgan fingerprint density at radius 3 is 2.57 bits per heavy atom. The third kappa shape index (κ3) is 4.58. The van der Waals surface area contributed by atoms with Gasteiger partial charge in [0.1, 0.15) is 5.75 Å². The summed E-state index contributed by atoms with van der Waals surface area (Å²) in [6.45, 7) is 1.92. The molecule has 2 aromatic heterocycles. The Hall–Kier alpha value is -3.04. The van der Waals surface area contributed by atoms with Crippen molar-refractivity contribution in [2.24, 2.45) is 4.99 Å². The molecule has 3 heterocycles. The minimum atomic E-state index is -0.795. The number of ether oxygens (including phenoxy) is 1. The first-order chi connectivity index (χ1) is 14.5. The fourth-order valence-electron chi connectivity index (χ4n) is 2.58. The second kappa shape index (κ2) is 8.76. The van der Waals surface area contributed by atoms with Gasteiger partial charge >= 0.3 is 0 Å². The highest BCUT2D eigenvalue weighted by molar-refractivity contribution is 8.29. The van der Waals surface area contributed by atoms with Gasteiger partial charge in [-0.1, -0.05) is 23.7 Å². The summed E-state index contributed by atoms with van der Waals surface area (Å²) in [6.07, 6.45) is 4.88. The van der Waals surface area contributed by atoms with Crippen molar-refractivity contribution in [3.05, 3.63) is 77.7 Å². The standard InChI is InChI=1S/C21H16F2N4OS2/c1-13-12-30(2)21(26-13)27-19-10-17(28-20-15(22)4-3-5-16(20)23)18(11-25-19)29-14-6-8-24-9-7-14/h3-12H,2H2,1H3,(H,25,26,27). The first kappa shape index (κ1) is 20.2. The van der Waals surface area contributed by atoms with Gasteiger partial charge in [-0.05, 0) is 36.6 Å². The molecular formula is C21H16F2N4OS2. The lowest BCUT2D eigenvalue weighted by atomic mass is 10.3. The predicted octanol–water partition coefficient (Wildman–Crippen LogP) is 5.85. The van der Waals surface area contributed by atoms with Gasteiger partial charge in [0.25, 0.3) is 0 Å². The highest BCUT2D eigenvalue weighted by Gasteiger charge is 2.17. The zero-order chi connectivity index (χ0) is 21.1. The molecule has 0 aliphatic carbocycles. The van der Waals surface area contributed by atoms with Gasteiger partial charge in [0.15, 0.2) is 28.4 Å². The molecule has 4 rings (SSSR count).